The van der Waals surface area contributed by atoms with Gasteiger partial charge in [-0.05, 0) is 49.2 Å². The Morgan fingerprint density at radius 2 is 1.90 bits per heavy atom. The molecule has 0 radical (unpaired) electrons. The van der Waals surface area contributed by atoms with Crippen molar-refractivity contribution >= 4 is 34.0 Å². The highest BCUT2D eigenvalue weighted by atomic mass is 19.1. The van der Waals surface area contributed by atoms with Crippen molar-refractivity contribution in [3.63, 3.8) is 0 Å². The second-order valence-electron chi connectivity index (χ2n) is 7.19. The summed E-state index contributed by atoms with van der Waals surface area (Å²) in [7, 11) is 0. The minimum absolute atomic E-state index is 0.104. The van der Waals surface area contributed by atoms with Gasteiger partial charge in [0.05, 0.1) is 17.1 Å². The minimum atomic E-state index is -0.585. The van der Waals surface area contributed by atoms with Gasteiger partial charge in [0.1, 0.15) is 29.3 Å². The number of para-hydroxylation sites is 2. The maximum absolute atomic E-state index is 13.5. The van der Waals surface area contributed by atoms with E-state index in [9.17, 15) is 9.18 Å². The zero-order chi connectivity index (χ0) is 20.7. The zero-order valence-corrected chi connectivity index (χ0v) is 16.0. The van der Waals surface area contributed by atoms with Crippen LogP contribution in [0.25, 0.3) is 27.9 Å². The molecule has 8 heteroatoms. The number of benzene rings is 2. The van der Waals surface area contributed by atoms with Crippen LogP contribution in [-0.4, -0.2) is 39.8 Å². The molecule has 0 bridgehead atoms. The highest BCUT2D eigenvalue weighted by Gasteiger charge is 2.27. The minimum Gasteiger partial charge on any atom is -0.459 e. The number of carbonyl (C=O) groups is 1. The molecule has 1 atom stereocenters. The largest absolute Gasteiger partial charge is 0.459 e. The smallest absolute Gasteiger partial charge is 0.344 e. The number of esters is 1. The average molecular weight is 406 g/mol. The molecule has 0 spiro atoms. The van der Waals surface area contributed by atoms with Crippen LogP contribution < -0.4 is 5.73 Å². The van der Waals surface area contributed by atoms with Crippen molar-refractivity contribution in [1.82, 2.24) is 14.5 Å². The monoisotopic (exact) mass is 406 g/mol. The van der Waals surface area contributed by atoms with Gasteiger partial charge in [-0.15, -0.1) is 0 Å². The van der Waals surface area contributed by atoms with Crippen molar-refractivity contribution in [3.8, 4) is 5.69 Å². The number of fused-ring (bicyclic) bond motifs is 2. The first-order valence-corrected chi connectivity index (χ1v) is 9.73. The number of nitrogens with zero attached hydrogens (tertiary/aromatic N) is 3. The molecular formula is C22H19FN4O3. The molecule has 5 rings (SSSR count). The molecule has 7 nitrogen and oxygen atoms in total. The van der Waals surface area contributed by atoms with E-state index in [0.717, 1.165) is 12.8 Å². The van der Waals surface area contributed by atoms with Gasteiger partial charge in [-0.3, -0.25) is 4.57 Å². The summed E-state index contributed by atoms with van der Waals surface area (Å²) in [5.41, 5.74) is 9.14. The van der Waals surface area contributed by atoms with E-state index in [0.29, 0.717) is 34.5 Å². The Morgan fingerprint density at radius 1 is 1.17 bits per heavy atom. The molecule has 1 aliphatic heterocycles. The predicted octanol–water partition coefficient (Wildman–Crippen LogP) is 3.63. The van der Waals surface area contributed by atoms with E-state index in [4.69, 9.17) is 15.2 Å². The molecule has 152 valence electrons. The third-order valence-corrected chi connectivity index (χ3v) is 5.21. The van der Waals surface area contributed by atoms with Crippen LogP contribution in [-0.2, 0) is 9.47 Å². The van der Waals surface area contributed by atoms with E-state index in [1.807, 2.05) is 24.3 Å². The Morgan fingerprint density at radius 3 is 2.60 bits per heavy atom. The molecule has 1 fully saturated rings. The standard InChI is InChI=1S/C22H19FN4O3/c23-13-7-9-14(10-8-13)27-20(24)18(22(28)30-12-15-4-3-11-29-15)19-21(27)26-17-6-2-1-5-16(17)25-19/h1-2,5-10,15H,3-4,11-12,24H2/t15-/m0/s1. The van der Waals surface area contributed by atoms with E-state index >= 15 is 0 Å². The third kappa shape index (κ3) is 3.15. The first-order chi connectivity index (χ1) is 14.6. The Bertz CT molecular complexity index is 1250. The Balaban J connectivity index is 1.66. The molecule has 1 saturated heterocycles. The van der Waals surface area contributed by atoms with Crippen LogP contribution in [0.3, 0.4) is 0 Å². The van der Waals surface area contributed by atoms with Crippen LogP contribution >= 0.6 is 0 Å². The molecule has 1 aliphatic rings. The average Bonchev–Trinajstić information content (AvgIpc) is 3.37. The third-order valence-electron chi connectivity index (χ3n) is 5.21. The Kier molecular flexibility index (Phi) is 4.55. The van der Waals surface area contributed by atoms with Crippen molar-refractivity contribution in [1.29, 1.82) is 0 Å². The fourth-order valence-corrected chi connectivity index (χ4v) is 3.73. The van der Waals surface area contributed by atoms with Crippen molar-refractivity contribution in [2.75, 3.05) is 18.9 Å². The van der Waals surface area contributed by atoms with Gasteiger partial charge in [-0.1, -0.05) is 12.1 Å². The predicted molar refractivity (Wildman–Crippen MR) is 110 cm³/mol. The molecule has 4 aromatic rings. The summed E-state index contributed by atoms with van der Waals surface area (Å²) in [4.78, 5) is 22.3. The Labute approximate surface area is 171 Å². The first kappa shape index (κ1) is 18.5. The van der Waals surface area contributed by atoms with Crippen molar-refractivity contribution in [2.24, 2.45) is 0 Å². The van der Waals surface area contributed by atoms with Crippen LogP contribution in [0.1, 0.15) is 23.2 Å². The zero-order valence-electron chi connectivity index (χ0n) is 16.0. The van der Waals surface area contributed by atoms with Crippen LogP contribution in [0, 0.1) is 5.82 Å². The first-order valence-electron chi connectivity index (χ1n) is 9.73. The van der Waals surface area contributed by atoms with E-state index in [1.165, 1.54) is 12.1 Å². The number of hydrogen-bond acceptors (Lipinski definition) is 6. The topological polar surface area (TPSA) is 92.3 Å². The quantitative estimate of drug-likeness (QED) is 0.521. The highest BCUT2D eigenvalue weighted by Crippen LogP contribution is 2.31. The fourth-order valence-electron chi connectivity index (χ4n) is 3.73. The van der Waals surface area contributed by atoms with Gasteiger partial charge in [0.15, 0.2) is 5.65 Å². The molecule has 2 aromatic heterocycles. The summed E-state index contributed by atoms with van der Waals surface area (Å²) < 4.78 is 26.1. The molecule has 0 saturated carbocycles. The number of halogens is 1. The molecule has 30 heavy (non-hydrogen) atoms. The second kappa shape index (κ2) is 7.38. The van der Waals surface area contributed by atoms with Gasteiger partial charge in [0.25, 0.3) is 0 Å². The van der Waals surface area contributed by atoms with Gasteiger partial charge < -0.3 is 15.2 Å². The summed E-state index contributed by atoms with van der Waals surface area (Å²) in [6.45, 7) is 0.828. The summed E-state index contributed by atoms with van der Waals surface area (Å²) in [6.07, 6.45) is 1.70. The normalized spacial score (nSPS) is 16.4. The lowest BCUT2D eigenvalue weighted by Crippen LogP contribution is -2.18. The van der Waals surface area contributed by atoms with E-state index in [2.05, 4.69) is 9.97 Å². The number of ether oxygens (including phenoxy) is 2. The van der Waals surface area contributed by atoms with Crippen LogP contribution in [0.4, 0.5) is 10.2 Å². The molecule has 2 N–H and O–H groups in total. The molecule has 0 amide bonds. The number of nitrogen functional groups attached to an aromatic ring is 1. The summed E-state index contributed by atoms with van der Waals surface area (Å²) in [6, 6.07) is 13.1. The van der Waals surface area contributed by atoms with Crippen molar-refractivity contribution < 1.29 is 18.7 Å². The van der Waals surface area contributed by atoms with Gasteiger partial charge in [0.2, 0.25) is 0 Å². The van der Waals surface area contributed by atoms with Gasteiger partial charge >= 0.3 is 5.97 Å². The van der Waals surface area contributed by atoms with E-state index in [-0.39, 0.29) is 29.9 Å². The highest BCUT2D eigenvalue weighted by molar-refractivity contribution is 6.09. The van der Waals surface area contributed by atoms with Crippen LogP contribution in [0.5, 0.6) is 0 Å². The summed E-state index contributed by atoms with van der Waals surface area (Å²) in [5, 5.41) is 0. The number of aromatic nitrogens is 3. The Hall–Kier alpha value is -3.52. The van der Waals surface area contributed by atoms with Crippen molar-refractivity contribution in [3.05, 3.63) is 59.9 Å². The molecule has 0 unspecified atom stereocenters. The van der Waals surface area contributed by atoms with E-state index < -0.39 is 5.97 Å². The number of anilines is 1. The lowest BCUT2D eigenvalue weighted by molar-refractivity contribution is 0.0163. The number of carbonyl (C=O) groups excluding carboxylic acids is 1. The van der Waals surface area contributed by atoms with Gasteiger partial charge in [-0.25, -0.2) is 19.2 Å². The number of hydrogen-bond donors (Lipinski definition) is 1. The van der Waals surface area contributed by atoms with Crippen molar-refractivity contribution in [2.45, 2.75) is 18.9 Å². The summed E-state index contributed by atoms with van der Waals surface area (Å²) >= 11 is 0. The summed E-state index contributed by atoms with van der Waals surface area (Å²) in [5.74, 6) is -0.816. The SMILES string of the molecule is Nc1c(C(=O)OC[C@@H]2CCCO2)c2nc3ccccc3nc2n1-c1ccc(F)cc1. The van der Waals surface area contributed by atoms with E-state index in [1.54, 1.807) is 16.7 Å². The lowest BCUT2D eigenvalue weighted by Gasteiger charge is -2.10. The van der Waals surface area contributed by atoms with Crippen LogP contribution in [0.2, 0.25) is 0 Å². The van der Waals surface area contributed by atoms with Gasteiger partial charge in [0, 0.05) is 12.3 Å². The maximum atomic E-state index is 13.5. The van der Waals surface area contributed by atoms with Gasteiger partial charge in [-0.2, -0.15) is 0 Å². The number of rotatable bonds is 4. The number of nitrogens with two attached hydrogens (primary N) is 1. The fraction of sp³-hybridized carbons (Fsp3) is 0.227. The lowest BCUT2D eigenvalue weighted by atomic mass is 10.2. The molecule has 2 aromatic carbocycles. The maximum Gasteiger partial charge on any atom is 0.344 e. The molecular weight excluding hydrogens is 387 g/mol. The molecule has 3 heterocycles. The second-order valence-corrected chi connectivity index (χ2v) is 7.19. The van der Waals surface area contributed by atoms with Crippen LogP contribution in [0.15, 0.2) is 48.5 Å². The molecule has 0 aliphatic carbocycles.